The molecule has 0 radical (unpaired) electrons. The second kappa shape index (κ2) is 5.98. The van der Waals surface area contributed by atoms with Gasteiger partial charge in [-0.25, -0.2) is 4.98 Å². The van der Waals surface area contributed by atoms with E-state index in [0.717, 1.165) is 38.5 Å². The first-order chi connectivity index (χ1) is 8.35. The molecule has 0 aromatic carbocycles. The van der Waals surface area contributed by atoms with Crippen molar-refractivity contribution in [3.8, 4) is 0 Å². The molecular formula is C13H21N3O. The highest BCUT2D eigenvalue weighted by Crippen LogP contribution is 2.20. The molecule has 2 heterocycles. The highest BCUT2D eigenvalue weighted by molar-refractivity contribution is 5.47. The van der Waals surface area contributed by atoms with E-state index in [0.29, 0.717) is 6.10 Å². The summed E-state index contributed by atoms with van der Waals surface area (Å²) >= 11 is 0. The van der Waals surface area contributed by atoms with Gasteiger partial charge in [-0.15, -0.1) is 0 Å². The van der Waals surface area contributed by atoms with E-state index in [9.17, 15) is 0 Å². The normalized spacial score (nSPS) is 20.6. The molecule has 17 heavy (non-hydrogen) atoms. The third-order valence-corrected chi connectivity index (χ3v) is 3.13. The maximum Gasteiger partial charge on any atom is 0.133 e. The van der Waals surface area contributed by atoms with Crippen molar-refractivity contribution in [3.63, 3.8) is 0 Å². The molecule has 1 aromatic heterocycles. The number of nitrogens with one attached hydrogen (secondary N) is 1. The van der Waals surface area contributed by atoms with Crippen LogP contribution < -0.4 is 10.2 Å². The van der Waals surface area contributed by atoms with Gasteiger partial charge in [0, 0.05) is 31.4 Å². The standard InChI is InChI=1S/C13H21N3O/c1-3-12-10-16(7-8-17-12)13-11(9-14-2)5-4-6-15-13/h4-6,12,14H,3,7-10H2,1-2H3. The van der Waals surface area contributed by atoms with Gasteiger partial charge in [0.25, 0.3) is 0 Å². The predicted molar refractivity (Wildman–Crippen MR) is 69.2 cm³/mol. The summed E-state index contributed by atoms with van der Waals surface area (Å²) in [5, 5.41) is 3.19. The molecule has 2 rings (SSSR count). The Morgan fingerprint density at radius 1 is 1.59 bits per heavy atom. The molecule has 1 N–H and O–H groups in total. The number of aromatic nitrogens is 1. The molecule has 0 spiro atoms. The van der Waals surface area contributed by atoms with Crippen molar-refractivity contribution < 1.29 is 4.74 Å². The molecule has 1 aliphatic heterocycles. The summed E-state index contributed by atoms with van der Waals surface area (Å²) in [6, 6.07) is 4.13. The van der Waals surface area contributed by atoms with Crippen LogP contribution in [0.2, 0.25) is 0 Å². The number of rotatable bonds is 4. The minimum absolute atomic E-state index is 0.341. The fraction of sp³-hybridized carbons (Fsp3) is 0.615. The summed E-state index contributed by atoms with van der Waals surface area (Å²) in [5.41, 5.74) is 1.26. The molecule has 1 atom stereocenters. The Hall–Kier alpha value is -1.13. The van der Waals surface area contributed by atoms with Gasteiger partial charge in [-0.05, 0) is 19.5 Å². The van der Waals surface area contributed by atoms with Gasteiger partial charge in [0.15, 0.2) is 0 Å². The molecule has 1 fully saturated rings. The number of ether oxygens (including phenoxy) is 1. The van der Waals surface area contributed by atoms with Crippen LogP contribution in [0.25, 0.3) is 0 Å². The highest BCUT2D eigenvalue weighted by Gasteiger charge is 2.21. The summed E-state index contributed by atoms with van der Waals surface area (Å²) in [5.74, 6) is 1.10. The second-order valence-corrected chi connectivity index (χ2v) is 4.36. The van der Waals surface area contributed by atoms with Crippen LogP contribution in [0.1, 0.15) is 18.9 Å². The maximum absolute atomic E-state index is 5.69. The van der Waals surface area contributed by atoms with Crippen LogP contribution in [-0.4, -0.2) is 37.8 Å². The van der Waals surface area contributed by atoms with Crippen molar-refractivity contribution in [3.05, 3.63) is 23.9 Å². The van der Waals surface area contributed by atoms with Crippen LogP contribution >= 0.6 is 0 Å². The average molecular weight is 235 g/mol. The lowest BCUT2D eigenvalue weighted by Crippen LogP contribution is -2.43. The van der Waals surface area contributed by atoms with E-state index in [1.807, 2.05) is 19.3 Å². The zero-order valence-electron chi connectivity index (χ0n) is 10.6. The number of hydrogen-bond donors (Lipinski definition) is 1. The minimum Gasteiger partial charge on any atom is -0.375 e. The van der Waals surface area contributed by atoms with Crippen LogP contribution in [0.4, 0.5) is 5.82 Å². The quantitative estimate of drug-likeness (QED) is 0.856. The molecular weight excluding hydrogens is 214 g/mol. The van der Waals surface area contributed by atoms with Crippen molar-refractivity contribution >= 4 is 5.82 Å². The van der Waals surface area contributed by atoms with Crippen molar-refractivity contribution in [1.29, 1.82) is 0 Å². The van der Waals surface area contributed by atoms with Gasteiger partial charge in [-0.3, -0.25) is 0 Å². The fourth-order valence-electron chi connectivity index (χ4n) is 2.20. The Balaban J connectivity index is 2.15. The average Bonchev–Trinajstić information content (AvgIpc) is 2.40. The van der Waals surface area contributed by atoms with E-state index in [1.165, 1.54) is 5.56 Å². The second-order valence-electron chi connectivity index (χ2n) is 4.36. The van der Waals surface area contributed by atoms with Crippen LogP contribution in [0, 0.1) is 0 Å². The van der Waals surface area contributed by atoms with Crippen molar-refractivity contribution in [1.82, 2.24) is 10.3 Å². The SMILES string of the molecule is CCC1CN(c2ncccc2CNC)CCO1. The van der Waals surface area contributed by atoms with Crippen LogP contribution in [-0.2, 0) is 11.3 Å². The number of nitrogens with zero attached hydrogens (tertiary/aromatic N) is 2. The predicted octanol–water partition coefficient (Wildman–Crippen LogP) is 1.42. The largest absolute Gasteiger partial charge is 0.375 e. The van der Waals surface area contributed by atoms with Crippen molar-refractivity contribution in [2.75, 3.05) is 31.6 Å². The lowest BCUT2D eigenvalue weighted by molar-refractivity contribution is 0.0381. The van der Waals surface area contributed by atoms with E-state index in [1.54, 1.807) is 0 Å². The van der Waals surface area contributed by atoms with Gasteiger partial charge in [0.05, 0.1) is 12.7 Å². The molecule has 1 aliphatic rings. The van der Waals surface area contributed by atoms with E-state index in [4.69, 9.17) is 4.74 Å². The molecule has 1 aromatic rings. The number of hydrogen-bond acceptors (Lipinski definition) is 4. The van der Waals surface area contributed by atoms with E-state index < -0.39 is 0 Å². The van der Waals surface area contributed by atoms with E-state index in [-0.39, 0.29) is 0 Å². The van der Waals surface area contributed by atoms with E-state index >= 15 is 0 Å². The summed E-state index contributed by atoms with van der Waals surface area (Å²) in [4.78, 5) is 6.86. The zero-order chi connectivity index (χ0) is 12.1. The Morgan fingerprint density at radius 2 is 2.47 bits per heavy atom. The van der Waals surface area contributed by atoms with Gasteiger partial charge < -0.3 is 15.0 Å². The third kappa shape index (κ3) is 2.96. The fourth-order valence-corrected chi connectivity index (χ4v) is 2.20. The van der Waals surface area contributed by atoms with Gasteiger partial charge in [0.2, 0.25) is 0 Å². The monoisotopic (exact) mass is 235 g/mol. The topological polar surface area (TPSA) is 37.4 Å². The number of anilines is 1. The molecule has 0 amide bonds. The zero-order valence-corrected chi connectivity index (χ0v) is 10.6. The van der Waals surface area contributed by atoms with Crippen LogP contribution in [0.5, 0.6) is 0 Å². The molecule has 4 nitrogen and oxygen atoms in total. The van der Waals surface area contributed by atoms with E-state index in [2.05, 4.69) is 28.2 Å². The summed E-state index contributed by atoms with van der Waals surface area (Å²) in [7, 11) is 1.96. The first-order valence-electron chi connectivity index (χ1n) is 6.30. The maximum atomic E-state index is 5.69. The third-order valence-electron chi connectivity index (χ3n) is 3.13. The molecule has 4 heteroatoms. The smallest absolute Gasteiger partial charge is 0.133 e. The molecule has 0 saturated carbocycles. The van der Waals surface area contributed by atoms with Gasteiger partial charge in [-0.1, -0.05) is 13.0 Å². The van der Waals surface area contributed by atoms with Crippen LogP contribution in [0.15, 0.2) is 18.3 Å². The van der Waals surface area contributed by atoms with Gasteiger partial charge >= 0.3 is 0 Å². The first-order valence-corrected chi connectivity index (χ1v) is 6.30. The summed E-state index contributed by atoms with van der Waals surface area (Å²) in [6.07, 6.45) is 3.27. The Labute approximate surface area is 103 Å². The Bertz CT molecular complexity index is 356. The Morgan fingerprint density at radius 3 is 3.24 bits per heavy atom. The number of pyridine rings is 1. The van der Waals surface area contributed by atoms with Crippen molar-refractivity contribution in [2.45, 2.75) is 26.0 Å². The Kier molecular flexibility index (Phi) is 4.34. The van der Waals surface area contributed by atoms with Crippen LogP contribution in [0.3, 0.4) is 0 Å². The molecule has 1 saturated heterocycles. The lowest BCUT2D eigenvalue weighted by atomic mass is 10.2. The number of morpholine rings is 1. The summed E-state index contributed by atoms with van der Waals surface area (Å²) < 4.78 is 5.69. The molecule has 1 unspecified atom stereocenters. The first kappa shape index (κ1) is 12.3. The van der Waals surface area contributed by atoms with Gasteiger partial charge in [-0.2, -0.15) is 0 Å². The summed E-state index contributed by atoms with van der Waals surface area (Å²) in [6.45, 7) is 5.71. The highest BCUT2D eigenvalue weighted by atomic mass is 16.5. The van der Waals surface area contributed by atoms with Gasteiger partial charge in [0.1, 0.15) is 5.82 Å². The van der Waals surface area contributed by atoms with Crippen molar-refractivity contribution in [2.24, 2.45) is 0 Å². The molecule has 0 bridgehead atoms. The molecule has 0 aliphatic carbocycles. The lowest BCUT2D eigenvalue weighted by Gasteiger charge is -2.34. The minimum atomic E-state index is 0.341. The molecule has 94 valence electrons.